The molecule has 0 saturated carbocycles. The predicted octanol–water partition coefficient (Wildman–Crippen LogP) is 2.21. The third kappa shape index (κ3) is 3.09. The number of anilines is 1. The van der Waals surface area contributed by atoms with E-state index in [9.17, 15) is 0 Å². The van der Waals surface area contributed by atoms with Crippen LogP contribution >= 0.6 is 0 Å². The highest BCUT2D eigenvalue weighted by Crippen LogP contribution is 2.09. The van der Waals surface area contributed by atoms with E-state index in [1.54, 1.807) is 0 Å². The number of hydrogen-bond donors (Lipinski definition) is 1. The molecule has 0 aromatic carbocycles. The molecule has 2 N–H and O–H groups in total. The first-order valence-electron chi connectivity index (χ1n) is 4.89. The highest BCUT2D eigenvalue weighted by Gasteiger charge is 2.00. The first-order valence-corrected chi connectivity index (χ1v) is 4.89. The van der Waals surface area contributed by atoms with Gasteiger partial charge in [-0.2, -0.15) is 5.10 Å². The lowest BCUT2D eigenvalue weighted by molar-refractivity contribution is 0.490. The van der Waals surface area contributed by atoms with Crippen molar-refractivity contribution in [2.24, 2.45) is 5.92 Å². The van der Waals surface area contributed by atoms with Crippen molar-refractivity contribution in [3.05, 3.63) is 11.8 Å². The van der Waals surface area contributed by atoms with Gasteiger partial charge in [0.2, 0.25) is 0 Å². The fourth-order valence-electron chi connectivity index (χ4n) is 1.31. The first-order chi connectivity index (χ1) is 6.09. The molecule has 0 spiro atoms. The minimum absolute atomic E-state index is 0.657. The average Bonchev–Trinajstić information content (AvgIpc) is 2.30. The number of aromatic nitrogens is 2. The van der Waals surface area contributed by atoms with E-state index in [0.717, 1.165) is 18.0 Å². The lowest BCUT2D eigenvalue weighted by atomic mass is 10.1. The number of nitrogen functional groups attached to an aromatic ring is 1. The van der Waals surface area contributed by atoms with Gasteiger partial charge in [-0.25, -0.2) is 0 Å². The Morgan fingerprint density at radius 1 is 1.54 bits per heavy atom. The molecular weight excluding hydrogens is 162 g/mol. The molecule has 1 heterocycles. The van der Waals surface area contributed by atoms with Gasteiger partial charge in [-0.1, -0.05) is 13.8 Å². The Labute approximate surface area is 79.9 Å². The molecule has 74 valence electrons. The van der Waals surface area contributed by atoms with Crippen LogP contribution in [0.15, 0.2) is 6.20 Å². The number of aryl methyl sites for hydroxylation is 2. The molecule has 0 bridgehead atoms. The summed E-state index contributed by atoms with van der Waals surface area (Å²) in [4.78, 5) is 0. The molecule has 1 aromatic heterocycles. The Bertz CT molecular complexity index is 244. The van der Waals surface area contributed by atoms with Crippen molar-refractivity contribution in [3.8, 4) is 0 Å². The van der Waals surface area contributed by atoms with Gasteiger partial charge in [0.15, 0.2) is 0 Å². The van der Waals surface area contributed by atoms with E-state index < -0.39 is 0 Å². The minimum atomic E-state index is 0.657. The molecule has 0 atom stereocenters. The molecule has 0 fully saturated rings. The number of nitrogens with two attached hydrogens (primary N) is 1. The van der Waals surface area contributed by atoms with Crippen molar-refractivity contribution in [1.82, 2.24) is 9.78 Å². The number of hydrogen-bond acceptors (Lipinski definition) is 2. The van der Waals surface area contributed by atoms with Gasteiger partial charge in [0.25, 0.3) is 0 Å². The van der Waals surface area contributed by atoms with Crippen LogP contribution in [0.1, 0.15) is 32.3 Å². The van der Waals surface area contributed by atoms with Gasteiger partial charge >= 0.3 is 0 Å². The fraction of sp³-hybridized carbons (Fsp3) is 0.700. The zero-order chi connectivity index (χ0) is 9.84. The predicted molar refractivity (Wildman–Crippen MR) is 55.4 cm³/mol. The second kappa shape index (κ2) is 4.30. The zero-order valence-electron chi connectivity index (χ0n) is 8.75. The van der Waals surface area contributed by atoms with E-state index in [1.807, 2.05) is 17.8 Å². The lowest BCUT2D eigenvalue weighted by Gasteiger charge is -2.03. The van der Waals surface area contributed by atoms with Gasteiger partial charge in [0.1, 0.15) is 5.82 Å². The molecule has 0 aliphatic carbocycles. The molecule has 0 amide bonds. The maximum atomic E-state index is 5.64. The van der Waals surface area contributed by atoms with Gasteiger partial charge in [0, 0.05) is 18.3 Å². The quantitative estimate of drug-likeness (QED) is 0.774. The summed E-state index contributed by atoms with van der Waals surface area (Å²) in [5.74, 6) is 1.43. The molecule has 3 nitrogen and oxygen atoms in total. The Hall–Kier alpha value is -0.990. The van der Waals surface area contributed by atoms with Crippen LogP contribution in [0.2, 0.25) is 0 Å². The van der Waals surface area contributed by atoms with E-state index >= 15 is 0 Å². The largest absolute Gasteiger partial charge is 0.382 e. The van der Waals surface area contributed by atoms with Gasteiger partial charge in [0.05, 0.1) is 0 Å². The van der Waals surface area contributed by atoms with Crippen molar-refractivity contribution < 1.29 is 0 Å². The highest BCUT2D eigenvalue weighted by molar-refractivity contribution is 5.35. The molecule has 0 aliphatic rings. The first kappa shape index (κ1) is 10.1. The second-order valence-corrected chi connectivity index (χ2v) is 4.00. The van der Waals surface area contributed by atoms with E-state index in [1.165, 1.54) is 12.8 Å². The van der Waals surface area contributed by atoms with Crippen LogP contribution in [0.4, 0.5) is 5.82 Å². The Balaban J connectivity index is 2.37. The summed E-state index contributed by atoms with van der Waals surface area (Å²) >= 11 is 0. The molecule has 0 radical (unpaired) electrons. The summed E-state index contributed by atoms with van der Waals surface area (Å²) in [5, 5.41) is 4.20. The summed E-state index contributed by atoms with van der Waals surface area (Å²) in [5.41, 5.74) is 6.71. The molecule has 0 aliphatic heterocycles. The SMILES string of the molecule is Cc1cn(CCCC(C)C)nc1N. The summed E-state index contributed by atoms with van der Waals surface area (Å²) in [6.07, 6.45) is 4.44. The third-order valence-electron chi connectivity index (χ3n) is 2.15. The maximum Gasteiger partial charge on any atom is 0.148 e. The Morgan fingerprint density at radius 3 is 2.69 bits per heavy atom. The average molecular weight is 181 g/mol. The van der Waals surface area contributed by atoms with Crippen LogP contribution in [0.3, 0.4) is 0 Å². The van der Waals surface area contributed by atoms with E-state index in [0.29, 0.717) is 5.82 Å². The summed E-state index contributed by atoms with van der Waals surface area (Å²) in [7, 11) is 0. The fourth-order valence-corrected chi connectivity index (χ4v) is 1.31. The third-order valence-corrected chi connectivity index (χ3v) is 2.15. The molecule has 0 unspecified atom stereocenters. The van der Waals surface area contributed by atoms with Crippen molar-refractivity contribution >= 4 is 5.82 Å². The monoisotopic (exact) mass is 181 g/mol. The Kier molecular flexibility index (Phi) is 3.34. The summed E-state index contributed by atoms with van der Waals surface area (Å²) in [6, 6.07) is 0. The second-order valence-electron chi connectivity index (χ2n) is 4.00. The van der Waals surface area contributed by atoms with E-state index in [2.05, 4.69) is 18.9 Å². The van der Waals surface area contributed by atoms with E-state index in [-0.39, 0.29) is 0 Å². The Morgan fingerprint density at radius 2 is 2.23 bits per heavy atom. The van der Waals surface area contributed by atoms with Crippen LogP contribution < -0.4 is 5.73 Å². The minimum Gasteiger partial charge on any atom is -0.382 e. The molecule has 1 aromatic rings. The number of rotatable bonds is 4. The van der Waals surface area contributed by atoms with E-state index in [4.69, 9.17) is 5.73 Å². The molecule has 1 rings (SSSR count). The van der Waals surface area contributed by atoms with Crippen LogP contribution in [-0.2, 0) is 6.54 Å². The smallest absolute Gasteiger partial charge is 0.148 e. The van der Waals surface area contributed by atoms with Crippen molar-refractivity contribution in [1.29, 1.82) is 0 Å². The molecule has 3 heteroatoms. The molecular formula is C10H19N3. The maximum absolute atomic E-state index is 5.64. The van der Waals surface area contributed by atoms with Crippen molar-refractivity contribution in [2.75, 3.05) is 5.73 Å². The normalized spacial score (nSPS) is 11.1. The van der Waals surface area contributed by atoms with Crippen LogP contribution in [0.25, 0.3) is 0 Å². The number of nitrogens with zero attached hydrogens (tertiary/aromatic N) is 2. The standard InChI is InChI=1S/C10H19N3/c1-8(2)5-4-6-13-7-9(3)10(11)12-13/h7-8H,4-6H2,1-3H3,(H2,11,12). The molecule has 13 heavy (non-hydrogen) atoms. The van der Waals surface area contributed by atoms with Crippen molar-refractivity contribution in [2.45, 2.75) is 40.2 Å². The van der Waals surface area contributed by atoms with Gasteiger partial charge in [-0.05, 0) is 25.7 Å². The van der Waals surface area contributed by atoms with Crippen LogP contribution in [-0.4, -0.2) is 9.78 Å². The topological polar surface area (TPSA) is 43.8 Å². The summed E-state index contributed by atoms with van der Waals surface area (Å²) < 4.78 is 1.94. The van der Waals surface area contributed by atoms with Crippen LogP contribution in [0, 0.1) is 12.8 Å². The van der Waals surface area contributed by atoms with Gasteiger partial charge in [-0.3, -0.25) is 4.68 Å². The van der Waals surface area contributed by atoms with Gasteiger partial charge in [-0.15, -0.1) is 0 Å². The van der Waals surface area contributed by atoms with Crippen molar-refractivity contribution in [3.63, 3.8) is 0 Å². The zero-order valence-corrected chi connectivity index (χ0v) is 8.75. The highest BCUT2D eigenvalue weighted by atomic mass is 15.3. The lowest BCUT2D eigenvalue weighted by Crippen LogP contribution is -2.01. The van der Waals surface area contributed by atoms with Gasteiger partial charge < -0.3 is 5.73 Å². The molecule has 0 saturated heterocycles. The summed E-state index contributed by atoms with van der Waals surface area (Å²) in [6.45, 7) is 7.45. The van der Waals surface area contributed by atoms with Crippen LogP contribution in [0.5, 0.6) is 0 Å².